The van der Waals surface area contributed by atoms with Crippen molar-refractivity contribution in [2.75, 3.05) is 13.2 Å². The fraction of sp³-hybridized carbons (Fsp3) is 0.500. The number of benzene rings is 1. The molecule has 0 fully saturated rings. The van der Waals surface area contributed by atoms with Crippen LogP contribution in [0.3, 0.4) is 0 Å². The van der Waals surface area contributed by atoms with Crippen molar-refractivity contribution in [1.82, 2.24) is 0 Å². The number of rotatable bonds is 4. The lowest BCUT2D eigenvalue weighted by molar-refractivity contribution is 0.0381. The van der Waals surface area contributed by atoms with Gasteiger partial charge in [0.1, 0.15) is 0 Å². The average molecular weight is 194 g/mol. The van der Waals surface area contributed by atoms with Gasteiger partial charge in [0.05, 0.1) is 19.3 Å². The summed E-state index contributed by atoms with van der Waals surface area (Å²) in [5.41, 5.74) is 3.76. The maximum absolute atomic E-state index is 8.66. The summed E-state index contributed by atoms with van der Waals surface area (Å²) in [6, 6.07) is 6.21. The van der Waals surface area contributed by atoms with Crippen LogP contribution >= 0.6 is 0 Å². The van der Waals surface area contributed by atoms with Crippen LogP contribution in [0.1, 0.15) is 29.7 Å². The molecule has 0 saturated carbocycles. The average Bonchev–Trinajstić information content (AvgIpc) is 2.18. The van der Waals surface area contributed by atoms with Crippen molar-refractivity contribution in [1.29, 1.82) is 0 Å². The minimum atomic E-state index is 0.0575. The summed E-state index contributed by atoms with van der Waals surface area (Å²) in [7, 11) is 0. The molecule has 0 spiro atoms. The van der Waals surface area contributed by atoms with Crippen LogP contribution in [-0.4, -0.2) is 18.3 Å². The number of hydrogen-bond donors (Lipinski definition) is 1. The van der Waals surface area contributed by atoms with Gasteiger partial charge in [-0.3, -0.25) is 0 Å². The number of aliphatic hydroxyl groups is 1. The van der Waals surface area contributed by atoms with E-state index in [9.17, 15) is 0 Å². The monoisotopic (exact) mass is 194 g/mol. The number of aryl methyl sites for hydroxylation is 1. The van der Waals surface area contributed by atoms with Crippen LogP contribution < -0.4 is 0 Å². The van der Waals surface area contributed by atoms with E-state index >= 15 is 0 Å². The van der Waals surface area contributed by atoms with Crippen molar-refractivity contribution in [3.05, 3.63) is 34.9 Å². The third-order valence-electron chi connectivity index (χ3n) is 2.54. The molecule has 2 nitrogen and oxygen atoms in total. The SMILES string of the molecule is Cc1cccc(C(C)OCCO)c1C. The van der Waals surface area contributed by atoms with Crippen LogP contribution in [0.25, 0.3) is 0 Å². The molecular weight excluding hydrogens is 176 g/mol. The Morgan fingerprint density at radius 3 is 2.71 bits per heavy atom. The number of aliphatic hydroxyl groups excluding tert-OH is 1. The van der Waals surface area contributed by atoms with E-state index < -0.39 is 0 Å². The molecule has 0 amide bonds. The lowest BCUT2D eigenvalue weighted by Crippen LogP contribution is -2.06. The Kier molecular flexibility index (Phi) is 4.11. The van der Waals surface area contributed by atoms with Gasteiger partial charge >= 0.3 is 0 Å². The zero-order chi connectivity index (χ0) is 10.6. The highest BCUT2D eigenvalue weighted by atomic mass is 16.5. The van der Waals surface area contributed by atoms with E-state index in [1.807, 2.05) is 13.0 Å². The molecule has 0 bridgehead atoms. The summed E-state index contributed by atoms with van der Waals surface area (Å²) in [5, 5.41) is 8.66. The Labute approximate surface area is 85.5 Å². The summed E-state index contributed by atoms with van der Waals surface area (Å²) < 4.78 is 5.46. The Hall–Kier alpha value is -0.860. The van der Waals surface area contributed by atoms with Gasteiger partial charge in [-0.15, -0.1) is 0 Å². The van der Waals surface area contributed by atoms with Crippen molar-refractivity contribution in [3.8, 4) is 0 Å². The molecule has 0 aliphatic rings. The zero-order valence-electron chi connectivity index (χ0n) is 9.08. The molecule has 0 heterocycles. The first-order valence-electron chi connectivity index (χ1n) is 4.95. The lowest BCUT2D eigenvalue weighted by Gasteiger charge is -2.16. The van der Waals surface area contributed by atoms with Crippen molar-refractivity contribution in [2.45, 2.75) is 26.9 Å². The van der Waals surface area contributed by atoms with Crippen molar-refractivity contribution in [3.63, 3.8) is 0 Å². The van der Waals surface area contributed by atoms with Crippen LogP contribution in [0.15, 0.2) is 18.2 Å². The van der Waals surface area contributed by atoms with E-state index in [-0.39, 0.29) is 12.7 Å². The summed E-state index contributed by atoms with van der Waals surface area (Å²) >= 11 is 0. The second-order valence-corrected chi connectivity index (χ2v) is 3.53. The molecular formula is C12H18O2. The first kappa shape index (κ1) is 11.2. The van der Waals surface area contributed by atoms with Gasteiger partial charge in [0, 0.05) is 0 Å². The third-order valence-corrected chi connectivity index (χ3v) is 2.54. The second-order valence-electron chi connectivity index (χ2n) is 3.53. The highest BCUT2D eigenvalue weighted by Gasteiger charge is 2.08. The van der Waals surface area contributed by atoms with Gasteiger partial charge < -0.3 is 9.84 Å². The minimum Gasteiger partial charge on any atom is -0.394 e. The van der Waals surface area contributed by atoms with Gasteiger partial charge in [-0.1, -0.05) is 18.2 Å². The highest BCUT2D eigenvalue weighted by molar-refractivity contribution is 5.34. The summed E-state index contributed by atoms with van der Waals surface area (Å²) in [6.45, 7) is 6.68. The molecule has 0 aliphatic heterocycles. The molecule has 14 heavy (non-hydrogen) atoms. The molecule has 0 aromatic heterocycles. The van der Waals surface area contributed by atoms with Gasteiger partial charge in [-0.2, -0.15) is 0 Å². The molecule has 1 rings (SSSR count). The number of hydrogen-bond acceptors (Lipinski definition) is 2. The highest BCUT2D eigenvalue weighted by Crippen LogP contribution is 2.22. The molecule has 0 aliphatic carbocycles. The first-order chi connectivity index (χ1) is 6.66. The third kappa shape index (κ3) is 2.56. The maximum atomic E-state index is 8.66. The van der Waals surface area contributed by atoms with Gasteiger partial charge in [0.15, 0.2) is 0 Å². The van der Waals surface area contributed by atoms with Crippen LogP contribution in [-0.2, 0) is 4.74 Å². The molecule has 1 unspecified atom stereocenters. The largest absolute Gasteiger partial charge is 0.394 e. The van der Waals surface area contributed by atoms with E-state index in [1.54, 1.807) is 0 Å². The zero-order valence-corrected chi connectivity index (χ0v) is 9.08. The normalized spacial score (nSPS) is 12.9. The van der Waals surface area contributed by atoms with Gasteiger partial charge in [-0.05, 0) is 37.5 Å². The second kappa shape index (κ2) is 5.13. The smallest absolute Gasteiger partial charge is 0.0800 e. The van der Waals surface area contributed by atoms with Crippen LogP contribution in [0.2, 0.25) is 0 Å². The van der Waals surface area contributed by atoms with Gasteiger partial charge in [-0.25, -0.2) is 0 Å². The van der Waals surface area contributed by atoms with Crippen molar-refractivity contribution >= 4 is 0 Å². The molecule has 2 heteroatoms. The first-order valence-corrected chi connectivity index (χ1v) is 4.95. The van der Waals surface area contributed by atoms with E-state index in [4.69, 9.17) is 9.84 Å². The Morgan fingerprint density at radius 2 is 2.07 bits per heavy atom. The van der Waals surface area contributed by atoms with E-state index in [0.29, 0.717) is 6.61 Å². The summed E-state index contributed by atoms with van der Waals surface area (Å²) in [6.07, 6.45) is 0.0575. The van der Waals surface area contributed by atoms with Crippen molar-refractivity contribution in [2.24, 2.45) is 0 Å². The van der Waals surface area contributed by atoms with E-state index in [1.165, 1.54) is 16.7 Å². The summed E-state index contributed by atoms with van der Waals surface area (Å²) in [5.74, 6) is 0. The molecule has 1 N–H and O–H groups in total. The molecule has 1 aromatic rings. The molecule has 0 radical (unpaired) electrons. The lowest BCUT2D eigenvalue weighted by atomic mass is 10.00. The van der Waals surface area contributed by atoms with Gasteiger partial charge in [0.2, 0.25) is 0 Å². The summed E-state index contributed by atoms with van der Waals surface area (Å²) in [4.78, 5) is 0. The molecule has 78 valence electrons. The van der Waals surface area contributed by atoms with Crippen molar-refractivity contribution < 1.29 is 9.84 Å². The standard InChI is InChI=1S/C12H18O2/c1-9-5-4-6-12(10(9)2)11(3)14-8-7-13/h4-6,11,13H,7-8H2,1-3H3. The molecule has 1 aromatic carbocycles. The molecule has 0 saturated heterocycles. The van der Waals surface area contributed by atoms with E-state index in [2.05, 4.69) is 26.0 Å². The predicted molar refractivity (Wildman–Crippen MR) is 57.4 cm³/mol. The maximum Gasteiger partial charge on any atom is 0.0800 e. The molecule has 1 atom stereocenters. The Bertz CT molecular complexity index is 294. The van der Waals surface area contributed by atoms with Crippen LogP contribution in [0.5, 0.6) is 0 Å². The van der Waals surface area contributed by atoms with Gasteiger partial charge in [0.25, 0.3) is 0 Å². The Balaban J connectivity index is 2.79. The fourth-order valence-corrected chi connectivity index (χ4v) is 1.53. The fourth-order valence-electron chi connectivity index (χ4n) is 1.53. The topological polar surface area (TPSA) is 29.5 Å². The predicted octanol–water partition coefficient (Wildman–Crippen LogP) is 2.37. The Morgan fingerprint density at radius 1 is 1.36 bits per heavy atom. The number of ether oxygens (including phenoxy) is 1. The van der Waals surface area contributed by atoms with Crippen LogP contribution in [0, 0.1) is 13.8 Å². The van der Waals surface area contributed by atoms with E-state index in [0.717, 1.165) is 0 Å². The minimum absolute atomic E-state index is 0.0575. The van der Waals surface area contributed by atoms with Crippen LogP contribution in [0.4, 0.5) is 0 Å². The quantitative estimate of drug-likeness (QED) is 0.797.